The third-order valence-corrected chi connectivity index (χ3v) is 2.89. The van der Waals surface area contributed by atoms with Gasteiger partial charge in [-0.1, -0.05) is 6.07 Å². The summed E-state index contributed by atoms with van der Waals surface area (Å²) in [4.78, 5) is 11.4. The van der Waals surface area contributed by atoms with Crippen molar-refractivity contribution in [3.8, 4) is 0 Å². The zero-order valence-electron chi connectivity index (χ0n) is 9.41. The van der Waals surface area contributed by atoms with Crippen LogP contribution in [0.1, 0.15) is 30.0 Å². The molecule has 0 heterocycles. The molecule has 0 saturated heterocycles. The van der Waals surface area contributed by atoms with E-state index in [1.807, 2.05) is 0 Å². The number of fused-ring (bicyclic) bond motifs is 1. The normalized spacial score (nSPS) is 17.2. The highest BCUT2D eigenvalue weighted by molar-refractivity contribution is 5.85. The van der Waals surface area contributed by atoms with Crippen LogP contribution in [-0.2, 0) is 11.2 Å². The van der Waals surface area contributed by atoms with Crippen LogP contribution in [0.2, 0.25) is 0 Å². The number of nitrogens with two attached hydrogens (primary N) is 1. The van der Waals surface area contributed by atoms with E-state index in [0.717, 1.165) is 24.0 Å². The highest BCUT2D eigenvalue weighted by Gasteiger charge is 2.23. The minimum absolute atomic E-state index is 0. The Labute approximate surface area is 106 Å². The smallest absolute Gasteiger partial charge is 0.221 e. The molecule has 1 amide bonds. The van der Waals surface area contributed by atoms with Crippen molar-refractivity contribution in [2.24, 2.45) is 5.73 Å². The van der Waals surface area contributed by atoms with E-state index in [1.54, 1.807) is 12.1 Å². The molecule has 94 valence electrons. The van der Waals surface area contributed by atoms with Gasteiger partial charge in [-0.3, -0.25) is 4.79 Å². The van der Waals surface area contributed by atoms with Gasteiger partial charge in [-0.25, -0.2) is 4.39 Å². The zero-order chi connectivity index (χ0) is 11.5. The van der Waals surface area contributed by atoms with Crippen LogP contribution in [0.3, 0.4) is 0 Å². The average molecular weight is 259 g/mol. The number of amides is 1. The lowest BCUT2D eigenvalue weighted by Gasteiger charge is -2.13. The van der Waals surface area contributed by atoms with Gasteiger partial charge < -0.3 is 11.1 Å². The molecule has 1 atom stereocenters. The number of rotatable bonds is 3. The molecule has 1 aliphatic carbocycles. The van der Waals surface area contributed by atoms with Crippen LogP contribution in [-0.4, -0.2) is 12.5 Å². The van der Waals surface area contributed by atoms with Crippen molar-refractivity contribution in [3.63, 3.8) is 0 Å². The molecule has 5 heteroatoms. The second-order valence-electron chi connectivity index (χ2n) is 4.04. The lowest BCUT2D eigenvalue weighted by molar-refractivity contribution is -0.121. The van der Waals surface area contributed by atoms with Crippen molar-refractivity contribution in [1.82, 2.24) is 5.32 Å². The number of halogens is 2. The van der Waals surface area contributed by atoms with Gasteiger partial charge in [-0.05, 0) is 36.1 Å². The van der Waals surface area contributed by atoms with Crippen molar-refractivity contribution >= 4 is 18.3 Å². The van der Waals surface area contributed by atoms with Crippen LogP contribution in [0.4, 0.5) is 4.39 Å². The summed E-state index contributed by atoms with van der Waals surface area (Å²) in [5.74, 6) is -0.252. The monoisotopic (exact) mass is 258 g/mol. The van der Waals surface area contributed by atoms with Gasteiger partial charge in [0.1, 0.15) is 5.82 Å². The van der Waals surface area contributed by atoms with Gasteiger partial charge in [-0.2, -0.15) is 0 Å². The van der Waals surface area contributed by atoms with Crippen molar-refractivity contribution in [3.05, 3.63) is 35.1 Å². The molecule has 0 bridgehead atoms. The summed E-state index contributed by atoms with van der Waals surface area (Å²) < 4.78 is 13.0. The first-order valence-corrected chi connectivity index (χ1v) is 5.48. The maximum absolute atomic E-state index is 13.0. The lowest BCUT2D eigenvalue weighted by Crippen LogP contribution is -2.28. The predicted octanol–water partition coefficient (Wildman–Crippen LogP) is 1.70. The Morgan fingerprint density at radius 2 is 2.29 bits per heavy atom. The molecule has 2 rings (SSSR count). The molecule has 1 unspecified atom stereocenters. The molecule has 0 aliphatic heterocycles. The summed E-state index contributed by atoms with van der Waals surface area (Å²) in [6.07, 6.45) is 2.00. The number of aryl methyl sites for hydroxylation is 1. The Balaban J connectivity index is 0.00000144. The predicted molar refractivity (Wildman–Crippen MR) is 66.5 cm³/mol. The molecule has 0 saturated carbocycles. The topological polar surface area (TPSA) is 55.1 Å². The number of hydrogen-bond donors (Lipinski definition) is 2. The molecule has 3 nitrogen and oxygen atoms in total. The third-order valence-electron chi connectivity index (χ3n) is 2.89. The Bertz CT molecular complexity index is 411. The second-order valence-corrected chi connectivity index (χ2v) is 4.04. The molecule has 17 heavy (non-hydrogen) atoms. The van der Waals surface area contributed by atoms with E-state index in [0.29, 0.717) is 13.0 Å². The van der Waals surface area contributed by atoms with Gasteiger partial charge in [-0.15, -0.1) is 12.4 Å². The largest absolute Gasteiger partial charge is 0.349 e. The van der Waals surface area contributed by atoms with E-state index in [2.05, 4.69) is 5.32 Å². The molecular weight excluding hydrogens is 243 g/mol. The Morgan fingerprint density at radius 3 is 3.00 bits per heavy atom. The summed E-state index contributed by atoms with van der Waals surface area (Å²) >= 11 is 0. The standard InChI is InChI=1S/C12H15FN2O.ClH/c13-9-2-3-10-8(7-9)1-4-11(10)15-12(16)5-6-14;/h2-3,7,11H,1,4-6,14H2,(H,15,16);1H. The van der Waals surface area contributed by atoms with E-state index in [9.17, 15) is 9.18 Å². The van der Waals surface area contributed by atoms with Gasteiger partial charge in [0.05, 0.1) is 6.04 Å². The fourth-order valence-electron chi connectivity index (χ4n) is 2.13. The first kappa shape index (κ1) is 13.9. The molecule has 1 aromatic carbocycles. The van der Waals surface area contributed by atoms with Crippen LogP contribution in [0.15, 0.2) is 18.2 Å². The van der Waals surface area contributed by atoms with E-state index in [-0.39, 0.29) is 30.2 Å². The van der Waals surface area contributed by atoms with E-state index in [4.69, 9.17) is 5.73 Å². The molecular formula is C12H16ClFN2O. The van der Waals surface area contributed by atoms with Gasteiger partial charge in [0.25, 0.3) is 0 Å². The fraction of sp³-hybridized carbons (Fsp3) is 0.417. The average Bonchev–Trinajstić information content (AvgIpc) is 2.61. The minimum Gasteiger partial charge on any atom is -0.349 e. The molecule has 1 aromatic rings. The first-order valence-electron chi connectivity index (χ1n) is 5.48. The van der Waals surface area contributed by atoms with E-state index < -0.39 is 0 Å². The highest BCUT2D eigenvalue weighted by atomic mass is 35.5. The summed E-state index contributed by atoms with van der Waals surface area (Å²) in [5.41, 5.74) is 7.34. The maximum Gasteiger partial charge on any atom is 0.221 e. The van der Waals surface area contributed by atoms with Crippen LogP contribution >= 0.6 is 12.4 Å². The lowest BCUT2D eigenvalue weighted by atomic mass is 10.1. The fourth-order valence-corrected chi connectivity index (χ4v) is 2.13. The van der Waals surface area contributed by atoms with Crippen molar-refractivity contribution in [1.29, 1.82) is 0 Å². The summed E-state index contributed by atoms with van der Waals surface area (Å²) in [7, 11) is 0. The van der Waals surface area contributed by atoms with Crippen LogP contribution < -0.4 is 11.1 Å². The molecule has 0 radical (unpaired) electrons. The molecule has 3 N–H and O–H groups in total. The van der Waals surface area contributed by atoms with Crippen LogP contribution in [0, 0.1) is 5.82 Å². The molecule has 0 fully saturated rings. The highest BCUT2D eigenvalue weighted by Crippen LogP contribution is 2.31. The summed E-state index contributed by atoms with van der Waals surface area (Å²) in [6.45, 7) is 0.356. The molecule has 0 aromatic heterocycles. The molecule has 0 spiro atoms. The summed E-state index contributed by atoms with van der Waals surface area (Å²) in [6, 6.07) is 4.76. The number of carbonyl (C=O) groups excluding carboxylic acids is 1. The minimum atomic E-state index is -0.215. The van der Waals surface area contributed by atoms with Crippen LogP contribution in [0.5, 0.6) is 0 Å². The van der Waals surface area contributed by atoms with Gasteiger partial charge >= 0.3 is 0 Å². The maximum atomic E-state index is 13.0. The molecule has 1 aliphatic rings. The number of hydrogen-bond acceptors (Lipinski definition) is 2. The number of benzene rings is 1. The number of nitrogens with one attached hydrogen (secondary N) is 1. The number of carbonyl (C=O) groups is 1. The van der Waals surface area contributed by atoms with E-state index in [1.165, 1.54) is 6.07 Å². The van der Waals surface area contributed by atoms with Gasteiger partial charge in [0.15, 0.2) is 0 Å². The summed E-state index contributed by atoms with van der Waals surface area (Å²) in [5, 5.41) is 2.91. The second kappa shape index (κ2) is 5.98. The third kappa shape index (κ3) is 3.17. The SMILES string of the molecule is Cl.NCCC(=O)NC1CCc2cc(F)ccc21. The Hall–Kier alpha value is -1.13. The van der Waals surface area contributed by atoms with Crippen LogP contribution in [0.25, 0.3) is 0 Å². The quantitative estimate of drug-likeness (QED) is 0.867. The van der Waals surface area contributed by atoms with Crippen molar-refractivity contribution < 1.29 is 9.18 Å². The van der Waals surface area contributed by atoms with Gasteiger partial charge in [0, 0.05) is 13.0 Å². The van der Waals surface area contributed by atoms with E-state index >= 15 is 0 Å². The first-order chi connectivity index (χ1) is 7.70. The zero-order valence-corrected chi connectivity index (χ0v) is 10.2. The van der Waals surface area contributed by atoms with Gasteiger partial charge in [0.2, 0.25) is 5.91 Å². The van der Waals surface area contributed by atoms with Crippen molar-refractivity contribution in [2.75, 3.05) is 6.54 Å². The Morgan fingerprint density at radius 1 is 1.53 bits per heavy atom. The van der Waals surface area contributed by atoms with Crippen molar-refractivity contribution in [2.45, 2.75) is 25.3 Å². The Kier molecular flexibility index (Phi) is 4.90.